The molecule has 6 nitrogen and oxygen atoms in total. The fourth-order valence-corrected chi connectivity index (χ4v) is 3.27. The zero-order chi connectivity index (χ0) is 21.4. The lowest BCUT2D eigenvalue weighted by molar-refractivity contribution is 0.0940. The number of nitrogens with zero attached hydrogens (tertiary/aromatic N) is 2. The number of nitrogens with one attached hydrogen (secondary N) is 2. The molecule has 152 valence electrons. The molecule has 0 saturated heterocycles. The molecule has 0 spiro atoms. The van der Waals surface area contributed by atoms with Crippen molar-refractivity contribution >= 4 is 11.4 Å². The van der Waals surface area contributed by atoms with Crippen LogP contribution in [-0.2, 0) is 0 Å². The molecule has 1 amide bonds. The SMILES string of the molecule is Cc1ccc(-c2nn3cc(C(=O)N[C@@H](C)c4ccc(F)cc4)cc3c(=O)[nH]2)cc1C. The first-order chi connectivity index (χ1) is 14.3. The minimum Gasteiger partial charge on any atom is -0.345 e. The van der Waals surface area contributed by atoms with Crippen LogP contribution in [0.1, 0.15) is 40.0 Å². The molecule has 0 aliphatic rings. The minimum absolute atomic E-state index is 0.280. The fraction of sp³-hybridized carbons (Fsp3) is 0.174. The Morgan fingerprint density at radius 2 is 1.83 bits per heavy atom. The monoisotopic (exact) mass is 404 g/mol. The van der Waals surface area contributed by atoms with E-state index in [0.29, 0.717) is 11.4 Å². The van der Waals surface area contributed by atoms with Crippen molar-refractivity contribution in [1.29, 1.82) is 0 Å². The van der Waals surface area contributed by atoms with E-state index < -0.39 is 0 Å². The molecule has 2 heterocycles. The average molecular weight is 404 g/mol. The highest BCUT2D eigenvalue weighted by Crippen LogP contribution is 2.19. The van der Waals surface area contributed by atoms with Crippen LogP contribution in [0.2, 0.25) is 0 Å². The highest BCUT2D eigenvalue weighted by atomic mass is 19.1. The lowest BCUT2D eigenvalue weighted by Gasteiger charge is -2.13. The van der Waals surface area contributed by atoms with E-state index in [1.54, 1.807) is 12.1 Å². The summed E-state index contributed by atoms with van der Waals surface area (Å²) in [6.07, 6.45) is 1.53. The van der Waals surface area contributed by atoms with E-state index in [4.69, 9.17) is 0 Å². The lowest BCUT2D eigenvalue weighted by Crippen LogP contribution is -2.26. The summed E-state index contributed by atoms with van der Waals surface area (Å²) in [6, 6.07) is 13.0. The smallest absolute Gasteiger partial charge is 0.275 e. The molecule has 2 aromatic carbocycles. The first-order valence-electron chi connectivity index (χ1n) is 9.58. The summed E-state index contributed by atoms with van der Waals surface area (Å²) in [4.78, 5) is 28.0. The quantitative estimate of drug-likeness (QED) is 0.541. The van der Waals surface area contributed by atoms with E-state index in [2.05, 4.69) is 15.4 Å². The summed E-state index contributed by atoms with van der Waals surface area (Å²) in [6.45, 7) is 5.82. The number of hydrogen-bond acceptors (Lipinski definition) is 3. The lowest BCUT2D eigenvalue weighted by atomic mass is 10.1. The molecule has 0 unspecified atom stereocenters. The van der Waals surface area contributed by atoms with Gasteiger partial charge in [-0.3, -0.25) is 9.59 Å². The second-order valence-corrected chi connectivity index (χ2v) is 7.41. The van der Waals surface area contributed by atoms with Gasteiger partial charge in [0.05, 0.1) is 11.6 Å². The molecular formula is C23H21FN4O2. The van der Waals surface area contributed by atoms with Crippen molar-refractivity contribution in [3.05, 3.63) is 93.2 Å². The van der Waals surface area contributed by atoms with Crippen molar-refractivity contribution in [3.8, 4) is 11.4 Å². The number of halogens is 1. The Morgan fingerprint density at radius 3 is 2.53 bits per heavy atom. The molecule has 30 heavy (non-hydrogen) atoms. The van der Waals surface area contributed by atoms with E-state index in [-0.39, 0.29) is 28.8 Å². The number of carbonyl (C=O) groups is 1. The van der Waals surface area contributed by atoms with Crippen LogP contribution in [0.5, 0.6) is 0 Å². The maximum atomic E-state index is 13.1. The molecule has 4 rings (SSSR count). The third-order valence-electron chi connectivity index (χ3n) is 5.23. The third kappa shape index (κ3) is 3.74. The van der Waals surface area contributed by atoms with Crippen LogP contribution in [0, 0.1) is 19.7 Å². The third-order valence-corrected chi connectivity index (χ3v) is 5.23. The van der Waals surface area contributed by atoms with E-state index >= 15 is 0 Å². The molecule has 7 heteroatoms. The molecular weight excluding hydrogens is 383 g/mol. The number of hydrogen-bond donors (Lipinski definition) is 2. The normalized spacial score (nSPS) is 12.1. The van der Waals surface area contributed by atoms with Gasteiger partial charge in [0.15, 0.2) is 5.82 Å². The van der Waals surface area contributed by atoms with Crippen molar-refractivity contribution in [2.75, 3.05) is 0 Å². The zero-order valence-corrected chi connectivity index (χ0v) is 16.9. The summed E-state index contributed by atoms with van der Waals surface area (Å²) in [5, 5.41) is 7.32. The summed E-state index contributed by atoms with van der Waals surface area (Å²) in [7, 11) is 0. The Morgan fingerprint density at radius 1 is 1.10 bits per heavy atom. The molecule has 0 fully saturated rings. The number of rotatable bonds is 4. The molecule has 0 saturated carbocycles. The zero-order valence-electron chi connectivity index (χ0n) is 16.9. The molecule has 0 bridgehead atoms. The number of carbonyl (C=O) groups excluding carboxylic acids is 1. The van der Waals surface area contributed by atoms with Gasteiger partial charge in [-0.1, -0.05) is 24.3 Å². The van der Waals surface area contributed by atoms with Gasteiger partial charge < -0.3 is 10.3 Å². The molecule has 4 aromatic rings. The molecule has 0 radical (unpaired) electrons. The average Bonchev–Trinajstić information content (AvgIpc) is 3.15. The summed E-state index contributed by atoms with van der Waals surface area (Å²) < 4.78 is 14.5. The number of aryl methyl sites for hydroxylation is 2. The van der Waals surface area contributed by atoms with E-state index in [9.17, 15) is 14.0 Å². The van der Waals surface area contributed by atoms with Crippen LogP contribution in [0.25, 0.3) is 16.9 Å². The first kappa shape index (κ1) is 19.6. The molecule has 2 N–H and O–H groups in total. The molecule has 2 aromatic heterocycles. The first-order valence-corrected chi connectivity index (χ1v) is 9.58. The van der Waals surface area contributed by atoms with Crippen molar-refractivity contribution < 1.29 is 9.18 Å². The van der Waals surface area contributed by atoms with Gasteiger partial charge >= 0.3 is 0 Å². The van der Waals surface area contributed by atoms with Crippen molar-refractivity contribution in [3.63, 3.8) is 0 Å². The number of fused-ring (bicyclic) bond motifs is 1. The Hall–Kier alpha value is -3.74. The van der Waals surface area contributed by atoms with Crippen LogP contribution < -0.4 is 10.9 Å². The van der Waals surface area contributed by atoms with Gasteiger partial charge in [0, 0.05) is 11.8 Å². The highest BCUT2D eigenvalue weighted by Gasteiger charge is 2.16. The van der Waals surface area contributed by atoms with E-state index in [0.717, 1.165) is 22.3 Å². The maximum absolute atomic E-state index is 13.1. The van der Waals surface area contributed by atoms with Crippen molar-refractivity contribution in [1.82, 2.24) is 19.9 Å². The van der Waals surface area contributed by atoms with Crippen molar-refractivity contribution in [2.45, 2.75) is 26.8 Å². The second kappa shape index (κ2) is 7.59. The van der Waals surface area contributed by atoms with Crippen LogP contribution in [-0.4, -0.2) is 20.5 Å². The van der Waals surface area contributed by atoms with E-state index in [1.807, 2.05) is 39.0 Å². The number of aromatic nitrogens is 3. The largest absolute Gasteiger partial charge is 0.345 e. The Labute approximate surface area is 172 Å². The Bertz CT molecular complexity index is 1310. The van der Waals surface area contributed by atoms with Gasteiger partial charge in [-0.2, -0.15) is 0 Å². The number of H-pyrrole nitrogens is 1. The van der Waals surface area contributed by atoms with Gasteiger partial charge in [-0.05, 0) is 61.7 Å². The van der Waals surface area contributed by atoms with Crippen LogP contribution in [0.3, 0.4) is 0 Å². The number of amides is 1. The van der Waals surface area contributed by atoms with Crippen LogP contribution >= 0.6 is 0 Å². The van der Waals surface area contributed by atoms with Gasteiger partial charge in [0.1, 0.15) is 11.3 Å². The topological polar surface area (TPSA) is 79.3 Å². The maximum Gasteiger partial charge on any atom is 0.275 e. The van der Waals surface area contributed by atoms with Crippen LogP contribution in [0.15, 0.2) is 59.5 Å². The van der Waals surface area contributed by atoms with Gasteiger partial charge in [-0.15, -0.1) is 5.10 Å². The van der Waals surface area contributed by atoms with E-state index in [1.165, 1.54) is 28.9 Å². The summed E-state index contributed by atoms with van der Waals surface area (Å²) >= 11 is 0. The highest BCUT2D eigenvalue weighted by molar-refractivity contribution is 5.95. The minimum atomic E-state index is -0.343. The predicted octanol–water partition coefficient (Wildman–Crippen LogP) is 3.94. The fourth-order valence-electron chi connectivity index (χ4n) is 3.27. The number of benzene rings is 2. The summed E-state index contributed by atoms with van der Waals surface area (Å²) in [5.74, 6) is -0.247. The van der Waals surface area contributed by atoms with Gasteiger partial charge in [0.2, 0.25) is 0 Å². The number of aromatic amines is 1. The Balaban J connectivity index is 1.63. The van der Waals surface area contributed by atoms with Gasteiger partial charge in [-0.25, -0.2) is 8.91 Å². The van der Waals surface area contributed by atoms with Crippen LogP contribution in [0.4, 0.5) is 4.39 Å². The molecule has 1 atom stereocenters. The predicted molar refractivity (Wildman–Crippen MR) is 113 cm³/mol. The van der Waals surface area contributed by atoms with Gasteiger partial charge in [0.25, 0.3) is 11.5 Å². The second-order valence-electron chi connectivity index (χ2n) is 7.41. The Kier molecular flexibility index (Phi) is 4.95. The van der Waals surface area contributed by atoms with Crippen molar-refractivity contribution in [2.24, 2.45) is 0 Å². The standard InChI is InChI=1S/C23H21FN4O2/c1-13-4-5-17(10-14(13)2)21-26-23(30)20-11-18(12-28(20)27-21)22(29)25-15(3)16-6-8-19(24)9-7-16/h4-12,15H,1-3H3,(H,25,29)(H,26,27,30)/t15-/m0/s1. The molecule has 0 aliphatic carbocycles. The molecule has 0 aliphatic heterocycles. The summed E-state index contributed by atoms with van der Waals surface area (Å²) in [5.41, 5.74) is 4.09.